The zero-order valence-electron chi connectivity index (χ0n) is 8.43. The predicted octanol–water partition coefficient (Wildman–Crippen LogP) is -0.138. The highest BCUT2D eigenvalue weighted by molar-refractivity contribution is 5.96. The van der Waals surface area contributed by atoms with E-state index < -0.39 is 0 Å². The molecule has 0 spiro atoms. The van der Waals surface area contributed by atoms with Gasteiger partial charge in [0.15, 0.2) is 0 Å². The Labute approximate surface area is 86.9 Å². The fourth-order valence-electron chi connectivity index (χ4n) is 1.49. The number of hydrogen-bond donors (Lipinski definition) is 1. The van der Waals surface area contributed by atoms with Crippen LogP contribution < -0.4 is 5.32 Å². The van der Waals surface area contributed by atoms with Crippen molar-refractivity contribution in [2.45, 2.75) is 13.0 Å². The number of imide groups is 1. The van der Waals surface area contributed by atoms with Crippen LogP contribution in [0.3, 0.4) is 0 Å². The largest absolute Gasteiger partial charge is 0.324 e. The average Bonchev–Trinajstić information content (AvgIpc) is 2.56. The van der Waals surface area contributed by atoms with E-state index in [-0.39, 0.29) is 11.9 Å². The number of rotatable bonds is 2. The van der Waals surface area contributed by atoms with Crippen LogP contribution in [-0.2, 0) is 18.4 Å². The molecule has 6 nitrogen and oxygen atoms in total. The summed E-state index contributed by atoms with van der Waals surface area (Å²) in [6.07, 6.45) is 2.18. The molecule has 1 aromatic rings. The molecule has 0 bridgehead atoms. The van der Waals surface area contributed by atoms with Crippen LogP contribution in [0.1, 0.15) is 12.1 Å². The Morgan fingerprint density at radius 3 is 2.93 bits per heavy atom. The maximum Gasteiger partial charge on any atom is 0.324 e. The first-order valence-corrected chi connectivity index (χ1v) is 4.72. The predicted molar refractivity (Wildman–Crippen MR) is 51.8 cm³/mol. The molecule has 0 atom stereocenters. The van der Waals surface area contributed by atoms with Crippen molar-refractivity contribution in [2.75, 3.05) is 6.54 Å². The van der Waals surface area contributed by atoms with Gasteiger partial charge in [-0.05, 0) is 6.07 Å². The highest BCUT2D eigenvalue weighted by atomic mass is 16.2. The van der Waals surface area contributed by atoms with Gasteiger partial charge < -0.3 is 4.90 Å². The topological polar surface area (TPSA) is 67.2 Å². The third-order valence-electron chi connectivity index (χ3n) is 2.26. The first-order valence-electron chi connectivity index (χ1n) is 4.72. The van der Waals surface area contributed by atoms with Gasteiger partial charge in [0.2, 0.25) is 5.91 Å². The molecule has 1 saturated heterocycles. The molecule has 0 radical (unpaired) electrons. The summed E-state index contributed by atoms with van der Waals surface area (Å²) < 4.78 is 1.68. The summed E-state index contributed by atoms with van der Waals surface area (Å²) in [4.78, 5) is 23.8. The summed E-state index contributed by atoms with van der Waals surface area (Å²) in [5.74, 6) is -0.211. The van der Waals surface area contributed by atoms with Gasteiger partial charge in [0, 0.05) is 26.2 Å². The van der Waals surface area contributed by atoms with Crippen molar-refractivity contribution in [3.8, 4) is 0 Å². The van der Waals surface area contributed by atoms with E-state index in [0.29, 0.717) is 19.5 Å². The van der Waals surface area contributed by atoms with Gasteiger partial charge >= 0.3 is 6.03 Å². The first-order chi connectivity index (χ1) is 7.15. The number of urea groups is 1. The molecule has 3 amide bonds. The van der Waals surface area contributed by atoms with Crippen LogP contribution in [-0.4, -0.2) is 33.2 Å². The number of nitrogens with one attached hydrogen (secondary N) is 1. The highest BCUT2D eigenvalue weighted by Gasteiger charge is 2.23. The summed E-state index contributed by atoms with van der Waals surface area (Å²) in [6.45, 7) is 0.904. The van der Waals surface area contributed by atoms with Crippen molar-refractivity contribution < 1.29 is 9.59 Å². The smallest absolute Gasteiger partial charge is 0.318 e. The Hall–Kier alpha value is -1.85. The molecule has 0 aromatic carbocycles. The van der Waals surface area contributed by atoms with Gasteiger partial charge in [-0.1, -0.05) is 0 Å². The number of carbonyl (C=O) groups excluding carboxylic acids is 2. The lowest BCUT2D eigenvalue weighted by Gasteiger charge is -2.25. The molecule has 15 heavy (non-hydrogen) atoms. The second-order valence-electron chi connectivity index (χ2n) is 3.51. The van der Waals surface area contributed by atoms with Crippen molar-refractivity contribution in [1.29, 1.82) is 0 Å². The van der Waals surface area contributed by atoms with Crippen LogP contribution in [0.25, 0.3) is 0 Å². The van der Waals surface area contributed by atoms with Crippen LogP contribution in [0, 0.1) is 0 Å². The number of amides is 3. The van der Waals surface area contributed by atoms with Gasteiger partial charge in [-0.2, -0.15) is 5.10 Å². The maximum absolute atomic E-state index is 11.4. The van der Waals surface area contributed by atoms with Gasteiger partial charge in [0.05, 0.1) is 12.2 Å². The van der Waals surface area contributed by atoms with E-state index in [9.17, 15) is 9.59 Å². The van der Waals surface area contributed by atoms with Gasteiger partial charge in [-0.15, -0.1) is 0 Å². The molecule has 0 aliphatic carbocycles. The molecule has 80 valence electrons. The molecule has 2 heterocycles. The molecular weight excluding hydrogens is 196 g/mol. The minimum Gasteiger partial charge on any atom is -0.318 e. The first kappa shape index (κ1) is 9.70. The summed E-state index contributed by atoms with van der Waals surface area (Å²) in [5, 5.41) is 6.44. The van der Waals surface area contributed by atoms with Gasteiger partial charge in [0.1, 0.15) is 0 Å². The Bertz CT molecular complexity index is 399. The molecule has 0 saturated carbocycles. The number of hydrogen-bond acceptors (Lipinski definition) is 3. The van der Waals surface area contributed by atoms with Crippen molar-refractivity contribution in [3.63, 3.8) is 0 Å². The van der Waals surface area contributed by atoms with E-state index >= 15 is 0 Å². The fraction of sp³-hybridized carbons (Fsp3) is 0.444. The minimum atomic E-state index is -0.336. The summed E-state index contributed by atoms with van der Waals surface area (Å²) in [5.41, 5.74) is 0.821. The lowest BCUT2D eigenvalue weighted by Crippen LogP contribution is -2.48. The number of aryl methyl sites for hydroxylation is 1. The monoisotopic (exact) mass is 208 g/mol. The van der Waals surface area contributed by atoms with E-state index in [0.717, 1.165) is 5.69 Å². The molecule has 1 aliphatic heterocycles. The summed E-state index contributed by atoms with van der Waals surface area (Å²) in [6, 6.07) is 1.51. The SMILES string of the molecule is Cn1ccc(CN2CCC(=O)NC2=O)n1. The Morgan fingerprint density at radius 1 is 1.53 bits per heavy atom. The number of aromatic nitrogens is 2. The Balaban J connectivity index is 2.00. The molecule has 1 aliphatic rings. The van der Waals surface area contributed by atoms with Crippen LogP contribution in [0.4, 0.5) is 4.79 Å². The molecule has 1 N–H and O–H groups in total. The van der Waals surface area contributed by atoms with E-state index in [1.165, 1.54) is 0 Å². The summed E-state index contributed by atoms with van der Waals surface area (Å²) in [7, 11) is 1.82. The van der Waals surface area contributed by atoms with Crippen molar-refractivity contribution in [3.05, 3.63) is 18.0 Å². The lowest BCUT2D eigenvalue weighted by molar-refractivity contribution is -0.121. The van der Waals surface area contributed by atoms with E-state index in [1.54, 1.807) is 9.58 Å². The van der Waals surface area contributed by atoms with Crippen molar-refractivity contribution in [2.24, 2.45) is 7.05 Å². The number of nitrogens with zero attached hydrogens (tertiary/aromatic N) is 3. The quantitative estimate of drug-likeness (QED) is 0.735. The second-order valence-corrected chi connectivity index (χ2v) is 3.51. The molecule has 2 rings (SSSR count). The average molecular weight is 208 g/mol. The second kappa shape index (κ2) is 3.72. The zero-order valence-corrected chi connectivity index (χ0v) is 8.43. The third-order valence-corrected chi connectivity index (χ3v) is 2.26. The van der Waals surface area contributed by atoms with Crippen molar-refractivity contribution in [1.82, 2.24) is 20.0 Å². The minimum absolute atomic E-state index is 0.211. The van der Waals surface area contributed by atoms with E-state index in [1.807, 2.05) is 19.3 Å². The third kappa shape index (κ3) is 2.15. The van der Waals surface area contributed by atoms with Gasteiger partial charge in [-0.3, -0.25) is 14.8 Å². The highest BCUT2D eigenvalue weighted by Crippen LogP contribution is 2.06. The molecule has 0 unspecified atom stereocenters. The normalized spacial score (nSPS) is 16.7. The van der Waals surface area contributed by atoms with Gasteiger partial charge in [-0.25, -0.2) is 4.79 Å². The maximum atomic E-state index is 11.4. The van der Waals surface area contributed by atoms with Gasteiger partial charge in [0.25, 0.3) is 0 Å². The van der Waals surface area contributed by atoms with E-state index in [4.69, 9.17) is 0 Å². The van der Waals surface area contributed by atoms with Crippen LogP contribution in [0.5, 0.6) is 0 Å². The van der Waals surface area contributed by atoms with Crippen LogP contribution in [0.2, 0.25) is 0 Å². The molecule has 1 fully saturated rings. The number of carbonyl (C=O) groups is 2. The molecule has 1 aromatic heterocycles. The van der Waals surface area contributed by atoms with Crippen LogP contribution in [0.15, 0.2) is 12.3 Å². The Kier molecular flexibility index (Phi) is 2.40. The van der Waals surface area contributed by atoms with Crippen molar-refractivity contribution >= 4 is 11.9 Å². The zero-order chi connectivity index (χ0) is 10.8. The standard InChI is InChI=1S/C9H12N4O2/c1-12-4-2-7(11-12)6-13-5-3-8(14)10-9(13)15/h2,4H,3,5-6H2,1H3,(H,10,14,15). The van der Waals surface area contributed by atoms with Crippen LogP contribution >= 0.6 is 0 Å². The summed E-state index contributed by atoms with van der Waals surface area (Å²) >= 11 is 0. The molecule has 6 heteroatoms. The fourth-order valence-corrected chi connectivity index (χ4v) is 1.49. The molecular formula is C9H12N4O2. The lowest BCUT2D eigenvalue weighted by atomic mass is 10.3. The Morgan fingerprint density at radius 2 is 2.33 bits per heavy atom. The van der Waals surface area contributed by atoms with E-state index in [2.05, 4.69) is 10.4 Å².